The van der Waals surface area contributed by atoms with Crippen LogP contribution in [-0.4, -0.2) is 85.3 Å². The Hall–Kier alpha value is -6.33. The highest BCUT2D eigenvalue weighted by Gasteiger charge is 2.32. The number of H-pyrrole nitrogens is 1. The Labute approximate surface area is 314 Å². The number of hydrogen-bond acceptors (Lipinski definition) is 11. The van der Waals surface area contributed by atoms with Gasteiger partial charge in [-0.3, -0.25) is 24.2 Å². The van der Waals surface area contributed by atoms with Gasteiger partial charge in [0.25, 0.3) is 0 Å². The molecule has 0 bridgehead atoms. The zero-order chi connectivity index (χ0) is 38.6. The van der Waals surface area contributed by atoms with E-state index >= 15 is 0 Å². The van der Waals surface area contributed by atoms with Crippen LogP contribution in [0.25, 0.3) is 10.2 Å². The summed E-state index contributed by atoms with van der Waals surface area (Å²) in [5, 5.41) is 27.9. The molecule has 2 aromatic heterocycles. The highest BCUT2D eigenvalue weighted by atomic mass is 32.1. The first-order valence-electron chi connectivity index (χ1n) is 17.1. The molecule has 0 unspecified atom stereocenters. The summed E-state index contributed by atoms with van der Waals surface area (Å²) in [6.07, 6.45) is 3.53. The molecule has 0 radical (unpaired) electrons. The molecule has 3 aromatic carbocycles. The van der Waals surface area contributed by atoms with Crippen LogP contribution in [0.1, 0.15) is 39.5 Å². The van der Waals surface area contributed by atoms with E-state index in [0.29, 0.717) is 28.8 Å². The Kier molecular flexibility index (Phi) is 13.3. The lowest BCUT2D eigenvalue weighted by Crippen LogP contribution is -2.58. The van der Waals surface area contributed by atoms with Gasteiger partial charge in [0.2, 0.25) is 23.5 Å². The number of aromatic amines is 1. The predicted molar refractivity (Wildman–Crippen MR) is 204 cm³/mol. The maximum absolute atomic E-state index is 14.1. The number of aromatic hydroxyl groups is 2. The molecule has 5 aromatic rings. The Morgan fingerprint density at radius 2 is 1.37 bits per heavy atom. The monoisotopic (exact) mass is 754 g/mol. The number of fused-ring (bicyclic) bond motifs is 1. The van der Waals surface area contributed by atoms with E-state index in [-0.39, 0.29) is 54.7 Å². The van der Waals surface area contributed by atoms with Crippen molar-refractivity contribution in [3.63, 3.8) is 0 Å². The van der Waals surface area contributed by atoms with Crippen molar-refractivity contribution in [3.8, 4) is 11.5 Å². The molecule has 0 saturated heterocycles. The lowest BCUT2D eigenvalue weighted by Gasteiger charge is -2.25. The number of phenols is 2. The second-order valence-corrected chi connectivity index (χ2v) is 13.6. The molecule has 0 aliphatic heterocycles. The topological polar surface area (TPSA) is 277 Å². The number of rotatable bonds is 18. The third-order valence-electron chi connectivity index (χ3n) is 8.43. The fourth-order valence-corrected chi connectivity index (χ4v) is 6.56. The SMILES string of the molecule is NC(N)=NCCC[C@H](NC(=O)[C@H](Cc1cnc[nH]1)NC(=O)[C@H](Cc1ccc(O)cc1)NC(=O)[C@@H](N)Cc1ccc(O)cc1)C(=O)c1nc2ccccc2s1. The van der Waals surface area contributed by atoms with Gasteiger partial charge in [-0.05, 0) is 66.8 Å². The zero-order valence-corrected chi connectivity index (χ0v) is 30.0. The van der Waals surface area contributed by atoms with Crippen LogP contribution in [0.3, 0.4) is 0 Å². The molecule has 0 aliphatic rings. The number of hydrogen-bond donors (Lipinski definition) is 9. The number of thiazole rings is 1. The van der Waals surface area contributed by atoms with Crippen LogP contribution in [0.2, 0.25) is 0 Å². The summed E-state index contributed by atoms with van der Waals surface area (Å²) in [5.74, 6) is -2.43. The highest BCUT2D eigenvalue weighted by Crippen LogP contribution is 2.23. The second-order valence-electron chi connectivity index (χ2n) is 12.6. The number of ketones is 1. The number of para-hydroxylation sites is 1. The number of nitrogens with zero attached hydrogens (tertiary/aromatic N) is 3. The number of phenolic OH excluding ortho intramolecular Hbond substituents is 2. The summed E-state index contributed by atoms with van der Waals surface area (Å²) in [7, 11) is 0. The van der Waals surface area contributed by atoms with Crippen molar-refractivity contribution in [2.24, 2.45) is 22.2 Å². The maximum atomic E-state index is 14.1. The smallest absolute Gasteiger partial charge is 0.243 e. The average molecular weight is 755 g/mol. The van der Waals surface area contributed by atoms with E-state index < -0.39 is 47.7 Å². The van der Waals surface area contributed by atoms with E-state index in [1.165, 1.54) is 48.1 Å². The standard InChI is InChI=1S/C37H42N10O6S/c38-26(16-21-7-11-24(48)12-8-21)33(51)45-29(17-22-9-13-25(49)14-10-22)34(52)46-30(18-23-19-41-20-43-23)35(53)44-28(5-3-15-42-37(39)40)32(50)36-47-27-4-1-2-6-31(27)54-36/h1-2,4,6-14,19-20,26,28-30,48-49H,3,5,15-18,38H2,(H,41,43)(H,44,53)(H,45,51)(H,46,52)(H4,39,40,42)/t26-,28-,29-,30-/m0/s1. The molecule has 0 saturated carbocycles. The van der Waals surface area contributed by atoms with Crippen LogP contribution in [0.5, 0.6) is 11.5 Å². The third-order valence-corrected chi connectivity index (χ3v) is 9.48. The van der Waals surface area contributed by atoms with Gasteiger partial charge in [-0.2, -0.15) is 0 Å². The Morgan fingerprint density at radius 3 is 1.98 bits per heavy atom. The van der Waals surface area contributed by atoms with Gasteiger partial charge in [0.15, 0.2) is 11.0 Å². The molecule has 4 atom stereocenters. The van der Waals surface area contributed by atoms with Crippen LogP contribution in [0.15, 0.2) is 90.3 Å². The molecule has 54 heavy (non-hydrogen) atoms. The lowest BCUT2D eigenvalue weighted by molar-refractivity contribution is -0.132. The van der Waals surface area contributed by atoms with E-state index in [4.69, 9.17) is 17.2 Å². The number of benzene rings is 3. The number of aliphatic imine (C=N–C) groups is 1. The molecule has 2 heterocycles. The zero-order valence-electron chi connectivity index (χ0n) is 29.1. The molecule has 3 amide bonds. The van der Waals surface area contributed by atoms with Crippen LogP contribution >= 0.6 is 11.3 Å². The third kappa shape index (κ3) is 11.1. The van der Waals surface area contributed by atoms with Crippen molar-refractivity contribution >= 4 is 51.0 Å². The molecule has 0 aliphatic carbocycles. The van der Waals surface area contributed by atoms with E-state index in [0.717, 1.165) is 4.70 Å². The molecule has 17 heteroatoms. The molecule has 0 spiro atoms. The first kappa shape index (κ1) is 38.9. The minimum absolute atomic E-state index is 0.00825. The van der Waals surface area contributed by atoms with Gasteiger partial charge in [-0.15, -0.1) is 11.3 Å². The first-order chi connectivity index (χ1) is 25.9. The number of amides is 3. The van der Waals surface area contributed by atoms with E-state index in [1.54, 1.807) is 30.3 Å². The van der Waals surface area contributed by atoms with Crippen molar-refractivity contribution < 1.29 is 29.4 Å². The van der Waals surface area contributed by atoms with Crippen LogP contribution in [0, 0.1) is 0 Å². The Morgan fingerprint density at radius 1 is 0.778 bits per heavy atom. The molecule has 5 rings (SSSR count). The number of imidazole rings is 1. The molecule has 0 fully saturated rings. The Balaban J connectivity index is 1.37. The van der Waals surface area contributed by atoms with E-state index in [9.17, 15) is 29.4 Å². The number of guanidine groups is 1. The van der Waals surface area contributed by atoms with Crippen molar-refractivity contribution in [2.45, 2.75) is 56.3 Å². The summed E-state index contributed by atoms with van der Waals surface area (Å²) in [4.78, 5) is 70.8. The molecular formula is C37H42N10O6S. The van der Waals surface area contributed by atoms with Crippen LogP contribution < -0.4 is 33.2 Å². The van der Waals surface area contributed by atoms with Gasteiger partial charge in [0.1, 0.15) is 23.6 Å². The summed E-state index contributed by atoms with van der Waals surface area (Å²) in [6, 6.07) is 15.1. The fourth-order valence-electron chi connectivity index (χ4n) is 5.60. The number of nitrogens with one attached hydrogen (secondary N) is 4. The first-order valence-corrected chi connectivity index (χ1v) is 17.9. The largest absolute Gasteiger partial charge is 0.508 e. The van der Waals surface area contributed by atoms with Gasteiger partial charge < -0.3 is 48.3 Å². The van der Waals surface area contributed by atoms with Gasteiger partial charge in [-0.25, -0.2) is 9.97 Å². The second kappa shape index (κ2) is 18.4. The number of carbonyl (C=O) groups is 4. The molecule has 12 N–H and O–H groups in total. The maximum Gasteiger partial charge on any atom is 0.243 e. The average Bonchev–Trinajstić information content (AvgIpc) is 3.84. The van der Waals surface area contributed by atoms with Gasteiger partial charge in [0, 0.05) is 31.3 Å². The van der Waals surface area contributed by atoms with Gasteiger partial charge >= 0.3 is 0 Å². The van der Waals surface area contributed by atoms with Crippen molar-refractivity contribution in [2.75, 3.05) is 6.54 Å². The van der Waals surface area contributed by atoms with Gasteiger partial charge in [0.05, 0.1) is 28.6 Å². The molecule has 282 valence electrons. The normalized spacial score (nSPS) is 13.3. The number of Topliss-reactive ketones (excluding diaryl/α,β-unsaturated/α-hetero) is 1. The van der Waals surface area contributed by atoms with Crippen molar-refractivity contribution in [1.82, 2.24) is 30.9 Å². The predicted octanol–water partition coefficient (Wildman–Crippen LogP) is 1.18. The van der Waals surface area contributed by atoms with E-state index in [2.05, 4.69) is 35.9 Å². The number of carbonyl (C=O) groups excluding carboxylic acids is 4. The minimum atomic E-state index is -1.23. The molecule has 16 nitrogen and oxygen atoms in total. The summed E-state index contributed by atoms with van der Waals surface area (Å²) in [6.45, 7) is 0.212. The quantitative estimate of drug-likeness (QED) is 0.0265. The van der Waals surface area contributed by atoms with E-state index in [1.807, 2.05) is 18.2 Å². The Bertz CT molecular complexity index is 2030. The fraction of sp³-hybridized carbons (Fsp3) is 0.270. The number of aromatic nitrogens is 3. The summed E-state index contributed by atoms with van der Waals surface area (Å²) in [5.41, 5.74) is 19.7. The summed E-state index contributed by atoms with van der Waals surface area (Å²) < 4.78 is 0.806. The highest BCUT2D eigenvalue weighted by molar-refractivity contribution is 7.20. The number of nitrogens with two attached hydrogens (primary N) is 3. The van der Waals surface area contributed by atoms with Gasteiger partial charge in [-0.1, -0.05) is 36.4 Å². The summed E-state index contributed by atoms with van der Waals surface area (Å²) >= 11 is 1.20. The van der Waals surface area contributed by atoms with Crippen molar-refractivity contribution in [1.29, 1.82) is 0 Å². The van der Waals surface area contributed by atoms with Crippen LogP contribution in [-0.2, 0) is 33.6 Å². The van der Waals surface area contributed by atoms with Crippen molar-refractivity contribution in [3.05, 3.63) is 107 Å². The minimum Gasteiger partial charge on any atom is -0.508 e. The van der Waals surface area contributed by atoms with Crippen LogP contribution in [0.4, 0.5) is 0 Å². The molecular weight excluding hydrogens is 713 g/mol. The lowest BCUT2D eigenvalue weighted by atomic mass is 10.0.